The lowest BCUT2D eigenvalue weighted by Crippen LogP contribution is -2.28. The molecule has 2 aromatic rings. The fourth-order valence-electron chi connectivity index (χ4n) is 1.99. The minimum absolute atomic E-state index is 0.215. The zero-order valence-electron chi connectivity index (χ0n) is 12.8. The van der Waals surface area contributed by atoms with Crippen LogP contribution in [0.2, 0.25) is 0 Å². The van der Waals surface area contributed by atoms with Gasteiger partial charge in [-0.05, 0) is 19.3 Å². The normalized spacial score (nSPS) is 12.6. The quantitative estimate of drug-likeness (QED) is 0.882. The molecule has 0 radical (unpaired) electrons. The van der Waals surface area contributed by atoms with Gasteiger partial charge in [-0.25, -0.2) is 9.67 Å². The largest absolute Gasteiger partial charge is 0.351 e. The average molecular weight is 291 g/mol. The van der Waals surface area contributed by atoms with Gasteiger partial charge in [0.2, 0.25) is 5.76 Å². The third-order valence-electron chi connectivity index (χ3n) is 3.16. The van der Waals surface area contributed by atoms with Crippen molar-refractivity contribution in [3.05, 3.63) is 29.7 Å². The van der Waals surface area contributed by atoms with E-state index in [2.05, 4.69) is 27.5 Å². The van der Waals surface area contributed by atoms with Crippen molar-refractivity contribution < 1.29 is 9.32 Å². The number of hydrogen-bond acceptors (Lipinski definition) is 5. The molecule has 0 aliphatic heterocycles. The molecule has 7 nitrogen and oxygen atoms in total. The highest BCUT2D eigenvalue weighted by Crippen LogP contribution is 2.15. The summed E-state index contributed by atoms with van der Waals surface area (Å²) in [5.41, 5.74) is 0.766. The topological polar surface area (TPSA) is 85.8 Å². The van der Waals surface area contributed by atoms with Gasteiger partial charge >= 0.3 is 0 Å². The molecule has 2 heterocycles. The second-order valence-corrected chi connectivity index (χ2v) is 5.31. The fourth-order valence-corrected chi connectivity index (χ4v) is 1.99. The zero-order valence-corrected chi connectivity index (χ0v) is 12.8. The lowest BCUT2D eigenvalue weighted by molar-refractivity contribution is 0.0900. The van der Waals surface area contributed by atoms with Gasteiger partial charge < -0.3 is 9.84 Å². The molecule has 1 atom stereocenters. The standard InChI is InChI=1S/C14H21N5O2/c1-5-6-19-13(15-8-16-19)10(4)17-14(20)12-7-11(9(2)3)18-21-12/h7-10H,5-6H2,1-4H3,(H,17,20). The Kier molecular flexibility index (Phi) is 4.72. The van der Waals surface area contributed by atoms with Crippen molar-refractivity contribution in [2.45, 2.75) is 52.6 Å². The Balaban J connectivity index is 2.05. The Morgan fingerprint density at radius 3 is 2.81 bits per heavy atom. The van der Waals surface area contributed by atoms with Crippen LogP contribution in [0.1, 0.15) is 68.1 Å². The summed E-state index contributed by atoms with van der Waals surface area (Å²) in [4.78, 5) is 16.4. The van der Waals surface area contributed by atoms with Gasteiger partial charge in [-0.1, -0.05) is 25.9 Å². The lowest BCUT2D eigenvalue weighted by atomic mass is 10.1. The summed E-state index contributed by atoms with van der Waals surface area (Å²) in [6.07, 6.45) is 2.45. The molecular weight excluding hydrogens is 270 g/mol. The third kappa shape index (κ3) is 3.48. The minimum atomic E-state index is -0.298. The number of amides is 1. The molecule has 0 aliphatic rings. The Bertz CT molecular complexity index is 602. The van der Waals surface area contributed by atoms with Crippen LogP contribution in [0.5, 0.6) is 0 Å². The summed E-state index contributed by atoms with van der Waals surface area (Å²) in [6, 6.07) is 1.42. The van der Waals surface area contributed by atoms with E-state index in [0.29, 0.717) is 0 Å². The van der Waals surface area contributed by atoms with Crippen LogP contribution in [-0.2, 0) is 6.54 Å². The van der Waals surface area contributed by atoms with E-state index in [1.807, 2.05) is 20.8 Å². The highest BCUT2D eigenvalue weighted by atomic mass is 16.5. The minimum Gasteiger partial charge on any atom is -0.351 e. The summed E-state index contributed by atoms with van der Waals surface area (Å²) in [5.74, 6) is 0.870. The maximum atomic E-state index is 12.2. The summed E-state index contributed by atoms with van der Waals surface area (Å²) in [6.45, 7) is 8.70. The molecule has 0 spiro atoms. The van der Waals surface area contributed by atoms with Crippen LogP contribution >= 0.6 is 0 Å². The van der Waals surface area contributed by atoms with Crippen LogP contribution in [0.25, 0.3) is 0 Å². The molecule has 21 heavy (non-hydrogen) atoms. The number of carbonyl (C=O) groups is 1. The van der Waals surface area contributed by atoms with E-state index in [9.17, 15) is 4.79 Å². The molecule has 2 rings (SSSR count). The molecule has 0 bridgehead atoms. The summed E-state index contributed by atoms with van der Waals surface area (Å²) < 4.78 is 6.88. The Labute approximate surface area is 123 Å². The first kappa shape index (κ1) is 15.2. The van der Waals surface area contributed by atoms with E-state index < -0.39 is 0 Å². The van der Waals surface area contributed by atoms with Crippen LogP contribution in [0.15, 0.2) is 16.9 Å². The summed E-state index contributed by atoms with van der Waals surface area (Å²) >= 11 is 0. The van der Waals surface area contributed by atoms with E-state index >= 15 is 0 Å². The van der Waals surface area contributed by atoms with Gasteiger partial charge in [-0.3, -0.25) is 4.79 Å². The fraction of sp³-hybridized carbons (Fsp3) is 0.571. The lowest BCUT2D eigenvalue weighted by Gasteiger charge is -2.13. The smallest absolute Gasteiger partial charge is 0.290 e. The second kappa shape index (κ2) is 6.51. The maximum absolute atomic E-state index is 12.2. The van der Waals surface area contributed by atoms with E-state index in [-0.39, 0.29) is 23.6 Å². The van der Waals surface area contributed by atoms with E-state index in [1.54, 1.807) is 10.7 Å². The molecule has 1 amide bonds. The zero-order chi connectivity index (χ0) is 15.4. The predicted molar refractivity (Wildman–Crippen MR) is 76.8 cm³/mol. The molecule has 1 N–H and O–H groups in total. The Morgan fingerprint density at radius 2 is 2.19 bits per heavy atom. The highest BCUT2D eigenvalue weighted by Gasteiger charge is 2.20. The van der Waals surface area contributed by atoms with Gasteiger partial charge in [0, 0.05) is 12.6 Å². The number of nitrogens with zero attached hydrogens (tertiary/aromatic N) is 4. The van der Waals surface area contributed by atoms with Crippen LogP contribution in [0, 0.1) is 0 Å². The Hall–Kier alpha value is -2.18. The predicted octanol–water partition coefficient (Wildman–Crippen LogP) is 2.29. The number of hydrogen-bond donors (Lipinski definition) is 1. The second-order valence-electron chi connectivity index (χ2n) is 5.31. The number of aromatic nitrogens is 4. The molecule has 0 aromatic carbocycles. The monoisotopic (exact) mass is 291 g/mol. The van der Waals surface area contributed by atoms with Crippen LogP contribution < -0.4 is 5.32 Å². The van der Waals surface area contributed by atoms with Crippen LogP contribution in [-0.4, -0.2) is 25.8 Å². The molecule has 0 aliphatic carbocycles. The van der Waals surface area contributed by atoms with Gasteiger partial charge in [0.05, 0.1) is 11.7 Å². The number of carbonyl (C=O) groups excluding carboxylic acids is 1. The SMILES string of the molecule is CCCn1ncnc1C(C)NC(=O)c1cc(C(C)C)no1. The first-order valence-corrected chi connectivity index (χ1v) is 7.18. The van der Waals surface area contributed by atoms with E-state index in [1.165, 1.54) is 6.33 Å². The van der Waals surface area contributed by atoms with Crippen molar-refractivity contribution in [3.63, 3.8) is 0 Å². The van der Waals surface area contributed by atoms with Gasteiger partial charge in [-0.2, -0.15) is 5.10 Å². The highest BCUT2D eigenvalue weighted by molar-refractivity contribution is 5.91. The van der Waals surface area contributed by atoms with Gasteiger partial charge in [0.25, 0.3) is 5.91 Å². The molecular formula is C14H21N5O2. The van der Waals surface area contributed by atoms with Gasteiger partial charge in [-0.15, -0.1) is 0 Å². The number of nitrogens with one attached hydrogen (secondary N) is 1. The molecule has 114 valence electrons. The molecule has 0 fully saturated rings. The average Bonchev–Trinajstić information content (AvgIpc) is 3.07. The van der Waals surface area contributed by atoms with Crippen molar-refractivity contribution in [2.24, 2.45) is 0 Å². The van der Waals surface area contributed by atoms with Crippen molar-refractivity contribution in [1.82, 2.24) is 25.2 Å². The molecule has 7 heteroatoms. The van der Waals surface area contributed by atoms with E-state index in [0.717, 1.165) is 24.5 Å². The van der Waals surface area contributed by atoms with E-state index in [4.69, 9.17) is 4.52 Å². The first-order valence-electron chi connectivity index (χ1n) is 7.18. The van der Waals surface area contributed by atoms with Crippen LogP contribution in [0.3, 0.4) is 0 Å². The molecule has 1 unspecified atom stereocenters. The third-order valence-corrected chi connectivity index (χ3v) is 3.16. The number of rotatable bonds is 6. The van der Waals surface area contributed by atoms with Crippen molar-refractivity contribution in [2.75, 3.05) is 0 Å². The molecule has 0 saturated carbocycles. The van der Waals surface area contributed by atoms with Gasteiger partial charge in [0.15, 0.2) is 0 Å². The Morgan fingerprint density at radius 1 is 1.43 bits per heavy atom. The van der Waals surface area contributed by atoms with Crippen molar-refractivity contribution in [1.29, 1.82) is 0 Å². The van der Waals surface area contributed by atoms with Gasteiger partial charge in [0.1, 0.15) is 12.2 Å². The summed E-state index contributed by atoms with van der Waals surface area (Å²) in [7, 11) is 0. The molecule has 2 aromatic heterocycles. The van der Waals surface area contributed by atoms with Crippen molar-refractivity contribution >= 4 is 5.91 Å². The van der Waals surface area contributed by atoms with Crippen LogP contribution in [0.4, 0.5) is 0 Å². The summed E-state index contributed by atoms with van der Waals surface area (Å²) in [5, 5.41) is 10.9. The number of aryl methyl sites for hydroxylation is 1. The maximum Gasteiger partial charge on any atom is 0.290 e. The molecule has 0 saturated heterocycles. The van der Waals surface area contributed by atoms with Crippen molar-refractivity contribution in [3.8, 4) is 0 Å². The first-order chi connectivity index (χ1) is 10.0.